The van der Waals surface area contributed by atoms with E-state index in [1.807, 2.05) is 91.0 Å². The average Bonchev–Trinajstić information content (AvgIpc) is 3.40. The first-order chi connectivity index (χ1) is 19.4. The molecule has 3 aromatic carbocycles. The van der Waals surface area contributed by atoms with E-state index in [1.54, 1.807) is 20.8 Å². The second-order valence-electron chi connectivity index (χ2n) is 10.8. The number of nitrogens with one attached hydrogen (secondary N) is 1. The first kappa shape index (κ1) is 29.0. The van der Waals surface area contributed by atoms with Crippen LogP contribution in [0.5, 0.6) is 0 Å². The van der Waals surface area contributed by atoms with Crippen molar-refractivity contribution in [2.24, 2.45) is 5.16 Å². The van der Waals surface area contributed by atoms with Gasteiger partial charge in [0, 0.05) is 0 Å². The number of oxime groups is 1. The summed E-state index contributed by atoms with van der Waals surface area (Å²) < 4.78 is 5.36. The zero-order valence-electron chi connectivity index (χ0n) is 23.6. The highest BCUT2D eigenvalue weighted by Crippen LogP contribution is 2.37. The maximum absolute atomic E-state index is 12.6. The number of hydrogen-bond donors (Lipinski definition) is 2. The maximum Gasteiger partial charge on any atom is 0.360 e. The Hall–Kier alpha value is -4.99. The molecule has 0 saturated carbocycles. The molecular formula is C31H33N5O5. The Kier molecular flexibility index (Phi) is 8.23. The Bertz CT molecular complexity index is 1410. The zero-order valence-corrected chi connectivity index (χ0v) is 23.6. The summed E-state index contributed by atoms with van der Waals surface area (Å²) in [4.78, 5) is 31.3. The predicted octanol–water partition coefficient (Wildman–Crippen LogP) is 4.74. The van der Waals surface area contributed by atoms with Crippen molar-refractivity contribution >= 4 is 17.7 Å². The molecule has 10 nitrogen and oxygen atoms in total. The minimum Gasteiger partial charge on any atom is -0.476 e. The van der Waals surface area contributed by atoms with Gasteiger partial charge in [0.25, 0.3) is 0 Å². The van der Waals surface area contributed by atoms with Gasteiger partial charge in [-0.05, 0) is 51.3 Å². The van der Waals surface area contributed by atoms with Gasteiger partial charge in [-0.15, -0.1) is 10.2 Å². The van der Waals surface area contributed by atoms with Crippen LogP contribution in [-0.4, -0.2) is 49.1 Å². The van der Waals surface area contributed by atoms with Crippen LogP contribution in [0.3, 0.4) is 0 Å². The molecule has 0 aliphatic heterocycles. The number of esters is 1. The van der Waals surface area contributed by atoms with Gasteiger partial charge in [-0.3, -0.25) is 5.43 Å². The van der Waals surface area contributed by atoms with Crippen LogP contribution < -0.4 is 5.43 Å². The van der Waals surface area contributed by atoms with E-state index in [-0.39, 0.29) is 5.69 Å². The lowest BCUT2D eigenvalue weighted by Gasteiger charge is -2.36. The van der Waals surface area contributed by atoms with Crippen molar-refractivity contribution in [1.82, 2.24) is 15.1 Å². The van der Waals surface area contributed by atoms with Crippen LogP contribution in [0.2, 0.25) is 0 Å². The molecule has 0 aliphatic carbocycles. The molecule has 0 amide bonds. The summed E-state index contributed by atoms with van der Waals surface area (Å²) in [6.07, 6.45) is 1.26. The van der Waals surface area contributed by atoms with Gasteiger partial charge >= 0.3 is 11.9 Å². The summed E-state index contributed by atoms with van der Waals surface area (Å²) >= 11 is 0. The molecule has 2 N–H and O–H groups in total. The number of aliphatic carboxylic acids is 1. The molecule has 0 saturated heterocycles. The van der Waals surface area contributed by atoms with E-state index in [2.05, 4.69) is 20.8 Å². The van der Waals surface area contributed by atoms with E-state index in [0.29, 0.717) is 0 Å². The SMILES string of the molecule is CC(C)(C)OC(=O)C(C)(C)ON=C(C(=O)O)c1cnn(NC(c2ccccc2)(c2ccccc2)c2ccccc2)n1. The highest BCUT2D eigenvalue weighted by molar-refractivity contribution is 6.41. The molecule has 212 valence electrons. The molecule has 0 fully saturated rings. The normalized spacial score (nSPS) is 12.5. The molecule has 0 atom stereocenters. The Morgan fingerprint density at radius 1 is 0.805 bits per heavy atom. The van der Waals surface area contributed by atoms with Crippen LogP contribution in [0.4, 0.5) is 0 Å². The van der Waals surface area contributed by atoms with Crippen LogP contribution in [0.1, 0.15) is 57.0 Å². The van der Waals surface area contributed by atoms with Crippen molar-refractivity contribution in [3.63, 3.8) is 0 Å². The van der Waals surface area contributed by atoms with Crippen LogP contribution >= 0.6 is 0 Å². The number of carboxylic acid groups (broad SMARTS) is 1. The molecule has 0 bridgehead atoms. The van der Waals surface area contributed by atoms with Crippen molar-refractivity contribution in [1.29, 1.82) is 0 Å². The number of carbonyl (C=O) groups excluding carboxylic acids is 1. The highest BCUT2D eigenvalue weighted by atomic mass is 16.7. The highest BCUT2D eigenvalue weighted by Gasteiger charge is 2.38. The third-order valence-corrected chi connectivity index (χ3v) is 6.08. The maximum atomic E-state index is 12.6. The van der Waals surface area contributed by atoms with Crippen LogP contribution in [0, 0.1) is 0 Å². The fraction of sp³-hybridized carbons (Fsp3) is 0.258. The fourth-order valence-electron chi connectivity index (χ4n) is 4.13. The van der Waals surface area contributed by atoms with Gasteiger partial charge < -0.3 is 14.7 Å². The molecule has 0 radical (unpaired) electrons. The Morgan fingerprint density at radius 2 is 1.27 bits per heavy atom. The number of benzene rings is 3. The first-order valence-electron chi connectivity index (χ1n) is 13.0. The molecule has 10 heteroatoms. The molecule has 1 heterocycles. The lowest BCUT2D eigenvalue weighted by atomic mass is 9.77. The minimum absolute atomic E-state index is 0.0759. The molecule has 41 heavy (non-hydrogen) atoms. The van der Waals surface area contributed by atoms with E-state index in [9.17, 15) is 14.7 Å². The van der Waals surface area contributed by atoms with Crippen molar-refractivity contribution in [2.45, 2.75) is 51.4 Å². The molecule has 0 unspecified atom stereocenters. The number of carboxylic acids is 1. The van der Waals surface area contributed by atoms with Gasteiger partial charge in [-0.2, -0.15) is 0 Å². The van der Waals surface area contributed by atoms with Crippen molar-refractivity contribution < 1.29 is 24.3 Å². The first-order valence-corrected chi connectivity index (χ1v) is 13.0. The van der Waals surface area contributed by atoms with Gasteiger partial charge in [0.15, 0.2) is 0 Å². The Labute approximate surface area is 238 Å². The summed E-state index contributed by atoms with van der Waals surface area (Å²) in [5, 5.41) is 22.4. The standard InChI is InChI=1S/C31H33N5O5/c1-29(2,3)40-28(39)30(4,5)41-34-26(27(37)38)25-21-32-36(33-25)35-31(22-15-9-6-10-16-22,23-17-11-7-12-18-23)24-19-13-8-14-20-24/h6-21,35H,1-5H3,(H,37,38). The summed E-state index contributed by atoms with van der Waals surface area (Å²) in [6.45, 7) is 8.04. The van der Waals surface area contributed by atoms with Crippen LogP contribution in [-0.2, 0) is 24.7 Å². The van der Waals surface area contributed by atoms with E-state index in [1.165, 1.54) is 24.9 Å². The monoisotopic (exact) mass is 555 g/mol. The van der Waals surface area contributed by atoms with Gasteiger partial charge in [0.2, 0.25) is 11.3 Å². The zero-order chi connectivity index (χ0) is 29.7. The second-order valence-corrected chi connectivity index (χ2v) is 10.8. The molecular weight excluding hydrogens is 522 g/mol. The van der Waals surface area contributed by atoms with Crippen molar-refractivity contribution in [3.8, 4) is 0 Å². The second kappa shape index (κ2) is 11.6. The van der Waals surface area contributed by atoms with Crippen LogP contribution in [0.25, 0.3) is 0 Å². The van der Waals surface area contributed by atoms with Crippen LogP contribution in [0.15, 0.2) is 102 Å². The summed E-state index contributed by atoms with van der Waals surface area (Å²) in [5.74, 6) is -2.10. The molecule has 4 rings (SSSR count). The molecule has 1 aromatic heterocycles. The van der Waals surface area contributed by atoms with E-state index >= 15 is 0 Å². The third kappa shape index (κ3) is 6.60. The van der Waals surface area contributed by atoms with Gasteiger partial charge in [0.05, 0.1) is 6.20 Å². The molecule has 0 aliphatic rings. The van der Waals surface area contributed by atoms with E-state index < -0.39 is 34.4 Å². The lowest BCUT2D eigenvalue weighted by molar-refractivity contribution is -0.179. The summed E-state index contributed by atoms with van der Waals surface area (Å²) in [7, 11) is 0. The summed E-state index contributed by atoms with van der Waals surface area (Å²) in [6, 6.07) is 29.4. The van der Waals surface area contributed by atoms with E-state index in [0.717, 1.165) is 16.7 Å². The minimum atomic E-state index is -1.55. The van der Waals surface area contributed by atoms with Gasteiger partial charge in [-0.1, -0.05) is 101 Å². The van der Waals surface area contributed by atoms with Gasteiger partial charge in [-0.25, -0.2) is 9.59 Å². The van der Waals surface area contributed by atoms with E-state index in [4.69, 9.17) is 9.57 Å². The number of nitrogens with zero attached hydrogens (tertiary/aromatic N) is 4. The molecule has 4 aromatic rings. The quantitative estimate of drug-likeness (QED) is 0.124. The fourth-order valence-corrected chi connectivity index (χ4v) is 4.13. The number of carbonyl (C=O) groups is 2. The molecule has 0 spiro atoms. The largest absolute Gasteiger partial charge is 0.476 e. The smallest absolute Gasteiger partial charge is 0.360 e. The van der Waals surface area contributed by atoms with Crippen molar-refractivity contribution in [3.05, 3.63) is 120 Å². The topological polar surface area (TPSA) is 128 Å². The average molecular weight is 556 g/mol. The number of ether oxygens (including phenoxy) is 1. The van der Waals surface area contributed by atoms with Crippen molar-refractivity contribution in [2.75, 3.05) is 5.43 Å². The predicted molar refractivity (Wildman–Crippen MR) is 154 cm³/mol. The third-order valence-electron chi connectivity index (χ3n) is 6.08. The Balaban J connectivity index is 1.74. The van der Waals surface area contributed by atoms with Gasteiger partial charge in [0.1, 0.15) is 16.8 Å². The lowest BCUT2D eigenvalue weighted by Crippen LogP contribution is -2.44. The summed E-state index contributed by atoms with van der Waals surface area (Å²) in [5.41, 5.74) is 2.27. The number of rotatable bonds is 10. The number of hydrogen-bond acceptors (Lipinski definition) is 8. The number of aromatic nitrogens is 3. The Morgan fingerprint density at radius 3 is 1.68 bits per heavy atom.